The molecule has 33 heavy (non-hydrogen) atoms. The molecule has 2 aromatic carbocycles. The van der Waals surface area contributed by atoms with Crippen LogP contribution in [0, 0.1) is 12.7 Å². The first-order chi connectivity index (χ1) is 15.9. The van der Waals surface area contributed by atoms with Crippen molar-refractivity contribution in [3.63, 3.8) is 0 Å². The second-order valence-corrected chi connectivity index (χ2v) is 10.3. The summed E-state index contributed by atoms with van der Waals surface area (Å²) in [6.07, 6.45) is 2.62. The van der Waals surface area contributed by atoms with Gasteiger partial charge in [0, 0.05) is 32.6 Å². The second-order valence-electron chi connectivity index (χ2n) is 8.36. The molecule has 0 bridgehead atoms. The van der Waals surface area contributed by atoms with E-state index in [9.17, 15) is 12.8 Å². The van der Waals surface area contributed by atoms with Gasteiger partial charge in [-0.15, -0.1) is 0 Å². The third-order valence-corrected chi connectivity index (χ3v) is 7.95. The molecule has 9 heteroatoms. The first-order valence-electron chi connectivity index (χ1n) is 11.1. The fourth-order valence-corrected chi connectivity index (χ4v) is 5.66. The standard InChI is InChI=1S/C24H25FN4O3S/c1-17-15-18(9-10-21(17)25)32-23-20-16-29(33(30,31)19-7-3-2-4-8-19)14-11-22(20)26-24(27-23)28-12-5-6-13-28/h2-4,7-10,15H,5-6,11-14,16H2,1H3. The topological polar surface area (TPSA) is 75.6 Å². The number of hydrogen-bond acceptors (Lipinski definition) is 6. The first-order valence-corrected chi connectivity index (χ1v) is 12.5. The normalized spacial score (nSPS) is 16.6. The van der Waals surface area contributed by atoms with Crippen molar-refractivity contribution in [1.82, 2.24) is 14.3 Å². The largest absolute Gasteiger partial charge is 0.438 e. The van der Waals surface area contributed by atoms with Crippen LogP contribution in [0.5, 0.6) is 11.6 Å². The molecule has 7 nitrogen and oxygen atoms in total. The summed E-state index contributed by atoms with van der Waals surface area (Å²) in [6.45, 7) is 3.87. The van der Waals surface area contributed by atoms with Crippen LogP contribution in [0.25, 0.3) is 0 Å². The lowest BCUT2D eigenvalue weighted by molar-refractivity contribution is 0.369. The molecule has 1 saturated heterocycles. The molecule has 0 unspecified atom stereocenters. The molecule has 0 N–H and O–H groups in total. The van der Waals surface area contributed by atoms with E-state index in [4.69, 9.17) is 9.72 Å². The van der Waals surface area contributed by atoms with Crippen molar-refractivity contribution in [2.75, 3.05) is 24.5 Å². The molecule has 1 aromatic heterocycles. The van der Waals surface area contributed by atoms with Crippen LogP contribution in [-0.2, 0) is 23.0 Å². The van der Waals surface area contributed by atoms with E-state index in [-0.39, 0.29) is 17.3 Å². The van der Waals surface area contributed by atoms with Gasteiger partial charge in [0.25, 0.3) is 0 Å². The maximum Gasteiger partial charge on any atom is 0.243 e. The van der Waals surface area contributed by atoms with Gasteiger partial charge in [-0.3, -0.25) is 0 Å². The second kappa shape index (κ2) is 8.72. The Labute approximate surface area is 192 Å². The number of rotatable bonds is 5. The molecule has 0 atom stereocenters. The molecule has 5 rings (SSSR count). The Morgan fingerprint density at radius 3 is 2.48 bits per heavy atom. The van der Waals surface area contributed by atoms with Crippen LogP contribution in [0.15, 0.2) is 53.4 Å². The fourth-order valence-electron chi connectivity index (χ4n) is 4.23. The Hall–Kier alpha value is -3.04. The summed E-state index contributed by atoms with van der Waals surface area (Å²) in [5, 5.41) is 0. The summed E-state index contributed by atoms with van der Waals surface area (Å²) in [4.78, 5) is 11.8. The smallest absolute Gasteiger partial charge is 0.243 e. The van der Waals surface area contributed by atoms with Gasteiger partial charge in [-0.05, 0) is 55.7 Å². The van der Waals surface area contributed by atoms with Gasteiger partial charge in [0.15, 0.2) is 0 Å². The van der Waals surface area contributed by atoms with Gasteiger partial charge < -0.3 is 9.64 Å². The molecule has 3 aromatic rings. The molecule has 0 spiro atoms. The monoisotopic (exact) mass is 468 g/mol. The molecular weight excluding hydrogens is 443 g/mol. The first kappa shape index (κ1) is 21.8. The van der Waals surface area contributed by atoms with E-state index in [1.54, 1.807) is 49.4 Å². The number of aromatic nitrogens is 2. The minimum atomic E-state index is -3.67. The van der Waals surface area contributed by atoms with Crippen LogP contribution in [0.1, 0.15) is 29.7 Å². The van der Waals surface area contributed by atoms with Crippen LogP contribution < -0.4 is 9.64 Å². The van der Waals surface area contributed by atoms with Crippen molar-refractivity contribution in [3.8, 4) is 11.6 Å². The van der Waals surface area contributed by atoms with Gasteiger partial charge >= 0.3 is 0 Å². The lowest BCUT2D eigenvalue weighted by Crippen LogP contribution is -2.37. The summed E-state index contributed by atoms with van der Waals surface area (Å²) >= 11 is 0. The Bertz CT molecular complexity index is 1280. The zero-order valence-corrected chi connectivity index (χ0v) is 19.2. The highest BCUT2D eigenvalue weighted by atomic mass is 32.2. The Morgan fingerprint density at radius 2 is 1.76 bits per heavy atom. The molecule has 3 heterocycles. The van der Waals surface area contributed by atoms with E-state index in [0.29, 0.717) is 41.7 Å². The number of fused-ring (bicyclic) bond motifs is 1. The Balaban J connectivity index is 1.53. The number of hydrogen-bond donors (Lipinski definition) is 0. The summed E-state index contributed by atoms with van der Waals surface area (Å²) in [6, 6.07) is 12.9. The van der Waals surface area contributed by atoms with E-state index in [0.717, 1.165) is 31.6 Å². The van der Waals surface area contributed by atoms with E-state index in [1.807, 2.05) is 0 Å². The van der Waals surface area contributed by atoms with Gasteiger partial charge in [0.1, 0.15) is 11.6 Å². The Kier molecular flexibility index (Phi) is 5.76. The van der Waals surface area contributed by atoms with Crippen molar-refractivity contribution in [2.45, 2.75) is 37.6 Å². The van der Waals surface area contributed by atoms with Crippen molar-refractivity contribution >= 4 is 16.0 Å². The van der Waals surface area contributed by atoms with Crippen molar-refractivity contribution < 1.29 is 17.5 Å². The van der Waals surface area contributed by atoms with Crippen LogP contribution in [0.4, 0.5) is 10.3 Å². The number of ether oxygens (including phenoxy) is 1. The Morgan fingerprint density at radius 1 is 1.00 bits per heavy atom. The summed E-state index contributed by atoms with van der Waals surface area (Å²) < 4.78 is 47.8. The third-order valence-electron chi connectivity index (χ3n) is 6.09. The van der Waals surface area contributed by atoms with Gasteiger partial charge in [-0.25, -0.2) is 17.8 Å². The van der Waals surface area contributed by atoms with E-state index in [2.05, 4.69) is 9.88 Å². The number of anilines is 1. The van der Waals surface area contributed by atoms with E-state index < -0.39 is 10.0 Å². The van der Waals surface area contributed by atoms with Crippen LogP contribution in [-0.4, -0.2) is 42.3 Å². The van der Waals surface area contributed by atoms with Crippen molar-refractivity contribution in [2.24, 2.45) is 0 Å². The van der Waals surface area contributed by atoms with Gasteiger partial charge in [0.2, 0.25) is 21.9 Å². The zero-order chi connectivity index (χ0) is 23.0. The maximum absolute atomic E-state index is 13.8. The van der Waals surface area contributed by atoms with Gasteiger partial charge in [-0.1, -0.05) is 18.2 Å². The lowest BCUT2D eigenvalue weighted by Gasteiger charge is -2.29. The van der Waals surface area contributed by atoms with Crippen LogP contribution >= 0.6 is 0 Å². The summed E-state index contributed by atoms with van der Waals surface area (Å²) in [5.74, 6) is 1.05. The summed E-state index contributed by atoms with van der Waals surface area (Å²) in [5.41, 5.74) is 1.90. The molecule has 2 aliphatic heterocycles. The van der Waals surface area contributed by atoms with Crippen molar-refractivity contribution in [3.05, 3.63) is 71.2 Å². The van der Waals surface area contributed by atoms with E-state index >= 15 is 0 Å². The number of benzene rings is 2. The van der Waals surface area contributed by atoms with Crippen molar-refractivity contribution in [1.29, 1.82) is 0 Å². The average molecular weight is 469 g/mol. The molecule has 2 aliphatic rings. The highest BCUT2D eigenvalue weighted by Gasteiger charge is 2.32. The number of aryl methyl sites for hydroxylation is 1. The predicted molar refractivity (Wildman–Crippen MR) is 122 cm³/mol. The molecule has 0 saturated carbocycles. The average Bonchev–Trinajstić information content (AvgIpc) is 3.37. The maximum atomic E-state index is 13.8. The lowest BCUT2D eigenvalue weighted by atomic mass is 10.1. The number of sulfonamides is 1. The molecule has 172 valence electrons. The van der Waals surface area contributed by atoms with Crippen LogP contribution in [0.3, 0.4) is 0 Å². The minimum Gasteiger partial charge on any atom is -0.438 e. The fraction of sp³-hybridized carbons (Fsp3) is 0.333. The highest BCUT2D eigenvalue weighted by molar-refractivity contribution is 7.89. The van der Waals surface area contributed by atoms with Crippen LogP contribution in [0.2, 0.25) is 0 Å². The molecular formula is C24H25FN4O3S. The summed E-state index contributed by atoms with van der Waals surface area (Å²) in [7, 11) is -3.67. The molecule has 0 amide bonds. The van der Waals surface area contributed by atoms with Gasteiger partial charge in [-0.2, -0.15) is 9.29 Å². The molecule has 0 radical (unpaired) electrons. The zero-order valence-electron chi connectivity index (χ0n) is 18.4. The quantitative estimate of drug-likeness (QED) is 0.562. The predicted octanol–water partition coefficient (Wildman–Crippen LogP) is 4.06. The SMILES string of the molecule is Cc1cc(Oc2nc(N3CCCC3)nc3c2CN(S(=O)(=O)c2ccccc2)CC3)ccc1F. The van der Waals surface area contributed by atoms with Gasteiger partial charge in [0.05, 0.1) is 16.2 Å². The highest BCUT2D eigenvalue weighted by Crippen LogP contribution is 2.34. The molecule has 1 fully saturated rings. The minimum absolute atomic E-state index is 0.113. The third kappa shape index (κ3) is 4.30. The number of halogens is 1. The molecule has 0 aliphatic carbocycles. The number of nitrogens with zero attached hydrogens (tertiary/aromatic N) is 4. The van der Waals surface area contributed by atoms with E-state index in [1.165, 1.54) is 10.4 Å².